The Morgan fingerprint density at radius 1 is 1.47 bits per heavy atom. The zero-order valence-electron chi connectivity index (χ0n) is 11.1. The lowest BCUT2D eigenvalue weighted by Crippen LogP contribution is -2.46. The number of carbonyl (C=O) groups excluding carboxylic acids is 1. The molecule has 2 atom stereocenters. The van der Waals surface area contributed by atoms with Crippen LogP contribution in [0.3, 0.4) is 0 Å². The highest BCUT2D eigenvalue weighted by Crippen LogP contribution is 2.22. The second-order valence-electron chi connectivity index (χ2n) is 6.24. The van der Waals surface area contributed by atoms with Crippen molar-refractivity contribution in [2.24, 2.45) is 11.7 Å². The van der Waals surface area contributed by atoms with Gasteiger partial charge in [-0.15, -0.1) is 0 Å². The fraction of sp³-hybridized carbons (Fsp3) is 0.917. The molecule has 2 saturated heterocycles. The van der Waals surface area contributed by atoms with Crippen LogP contribution < -0.4 is 11.1 Å². The van der Waals surface area contributed by atoms with E-state index < -0.39 is 0 Å². The van der Waals surface area contributed by atoms with Gasteiger partial charge in [0.05, 0.1) is 6.04 Å². The first kappa shape index (κ1) is 12.6. The Kier molecular flexibility index (Phi) is 3.32. The first-order valence-electron chi connectivity index (χ1n) is 6.38. The van der Waals surface area contributed by atoms with Gasteiger partial charge in [-0.2, -0.15) is 0 Å². The molecule has 0 aliphatic carbocycles. The maximum absolute atomic E-state index is 11.8. The molecule has 0 spiro atoms. The molecule has 2 amide bonds. The quantitative estimate of drug-likeness (QED) is 0.734. The lowest BCUT2D eigenvalue weighted by atomic mass is 9.99. The summed E-state index contributed by atoms with van der Waals surface area (Å²) in [6, 6.07) is 0.345. The van der Waals surface area contributed by atoms with Crippen LogP contribution in [0, 0.1) is 5.92 Å². The Balaban J connectivity index is 1.91. The third-order valence-electron chi connectivity index (χ3n) is 3.61. The largest absolute Gasteiger partial charge is 0.333 e. The number of hydrogen-bond donors (Lipinski definition) is 2. The van der Waals surface area contributed by atoms with Gasteiger partial charge in [0.1, 0.15) is 0 Å². The minimum absolute atomic E-state index is 0.0445. The smallest absolute Gasteiger partial charge is 0.317 e. The van der Waals surface area contributed by atoms with Crippen LogP contribution in [0.1, 0.15) is 20.3 Å². The van der Waals surface area contributed by atoms with E-state index in [1.165, 1.54) is 6.42 Å². The van der Waals surface area contributed by atoms with Crippen LogP contribution in [-0.4, -0.2) is 60.6 Å². The van der Waals surface area contributed by atoms with Crippen LogP contribution in [0.5, 0.6) is 0 Å². The lowest BCUT2D eigenvalue weighted by molar-refractivity contribution is 0.207. The molecule has 2 unspecified atom stereocenters. The lowest BCUT2D eigenvalue weighted by Gasteiger charge is -2.25. The molecule has 0 radical (unpaired) electrons. The van der Waals surface area contributed by atoms with Gasteiger partial charge in [-0.3, -0.25) is 0 Å². The zero-order chi connectivity index (χ0) is 12.6. The third kappa shape index (κ3) is 3.10. The molecule has 2 aliphatic heterocycles. The monoisotopic (exact) mass is 240 g/mol. The third-order valence-corrected chi connectivity index (χ3v) is 3.61. The highest BCUT2D eigenvalue weighted by Gasteiger charge is 2.37. The van der Waals surface area contributed by atoms with E-state index in [0.717, 1.165) is 19.6 Å². The fourth-order valence-electron chi connectivity index (χ4n) is 2.81. The molecular weight excluding hydrogens is 216 g/mol. The number of nitrogens with one attached hydrogen (secondary N) is 1. The number of nitrogens with zero attached hydrogens (tertiary/aromatic N) is 2. The average Bonchev–Trinajstić information content (AvgIpc) is 2.72. The number of hydrogen-bond acceptors (Lipinski definition) is 3. The standard InChI is InChI=1S/C12H24N4O/c1-12(2,13)8-16-7-10(14-11(16)17)9-4-5-15(3)6-9/h9-10H,4-8,13H2,1-3H3,(H,14,17). The van der Waals surface area contributed by atoms with Crippen molar-refractivity contribution in [3.63, 3.8) is 0 Å². The van der Waals surface area contributed by atoms with Gasteiger partial charge in [0.2, 0.25) is 0 Å². The molecular formula is C12H24N4O. The molecule has 2 fully saturated rings. The van der Waals surface area contributed by atoms with E-state index in [1.807, 2.05) is 18.7 Å². The van der Waals surface area contributed by atoms with Crippen LogP contribution in [0.4, 0.5) is 4.79 Å². The number of likely N-dealkylation sites (tertiary alicyclic amines) is 1. The first-order valence-corrected chi connectivity index (χ1v) is 6.38. The summed E-state index contributed by atoms with van der Waals surface area (Å²) in [6.07, 6.45) is 1.18. The Bertz CT molecular complexity index is 299. The highest BCUT2D eigenvalue weighted by atomic mass is 16.2. The van der Waals surface area contributed by atoms with Crippen molar-refractivity contribution in [1.29, 1.82) is 0 Å². The Hall–Kier alpha value is -0.810. The average molecular weight is 240 g/mol. The maximum Gasteiger partial charge on any atom is 0.317 e. The SMILES string of the molecule is CN1CCC(C2CN(CC(C)(C)N)C(=O)N2)C1. The van der Waals surface area contributed by atoms with E-state index in [4.69, 9.17) is 5.73 Å². The first-order chi connectivity index (χ1) is 7.85. The van der Waals surface area contributed by atoms with Crippen molar-refractivity contribution in [3.05, 3.63) is 0 Å². The molecule has 5 nitrogen and oxygen atoms in total. The van der Waals surface area contributed by atoms with E-state index >= 15 is 0 Å². The van der Waals surface area contributed by atoms with Crippen LogP contribution in [-0.2, 0) is 0 Å². The van der Waals surface area contributed by atoms with E-state index in [9.17, 15) is 4.79 Å². The predicted octanol–water partition coefficient (Wildman–Crippen LogP) is 0.0692. The van der Waals surface area contributed by atoms with E-state index in [-0.39, 0.29) is 11.6 Å². The number of urea groups is 1. The van der Waals surface area contributed by atoms with Crippen LogP contribution >= 0.6 is 0 Å². The second kappa shape index (κ2) is 4.46. The van der Waals surface area contributed by atoms with Gasteiger partial charge in [-0.05, 0) is 39.8 Å². The van der Waals surface area contributed by atoms with Crippen molar-refractivity contribution in [1.82, 2.24) is 15.1 Å². The predicted molar refractivity (Wildman–Crippen MR) is 67.8 cm³/mol. The second-order valence-corrected chi connectivity index (χ2v) is 6.24. The van der Waals surface area contributed by atoms with Gasteiger partial charge in [0.15, 0.2) is 0 Å². The molecule has 0 aromatic heterocycles. The Labute approximate surface area is 103 Å². The van der Waals surface area contributed by atoms with Crippen molar-refractivity contribution >= 4 is 6.03 Å². The molecule has 0 aromatic carbocycles. The Morgan fingerprint density at radius 2 is 2.18 bits per heavy atom. The number of rotatable bonds is 3. The molecule has 98 valence electrons. The molecule has 5 heteroatoms. The molecule has 0 bridgehead atoms. The number of nitrogens with two attached hydrogens (primary N) is 1. The summed E-state index contributed by atoms with van der Waals surface area (Å²) >= 11 is 0. The summed E-state index contributed by atoms with van der Waals surface area (Å²) in [4.78, 5) is 16.0. The van der Waals surface area contributed by atoms with Crippen molar-refractivity contribution in [3.8, 4) is 0 Å². The normalized spacial score (nSPS) is 31.1. The van der Waals surface area contributed by atoms with Crippen LogP contribution in [0.25, 0.3) is 0 Å². The molecule has 3 N–H and O–H groups in total. The Morgan fingerprint density at radius 3 is 2.71 bits per heavy atom. The zero-order valence-corrected chi connectivity index (χ0v) is 11.1. The number of amides is 2. The van der Waals surface area contributed by atoms with Gasteiger partial charge >= 0.3 is 6.03 Å². The number of carbonyl (C=O) groups is 1. The molecule has 2 heterocycles. The van der Waals surface area contributed by atoms with Crippen molar-refractivity contribution in [2.45, 2.75) is 31.8 Å². The highest BCUT2D eigenvalue weighted by molar-refractivity contribution is 5.77. The molecule has 2 aliphatic rings. The minimum Gasteiger partial charge on any atom is -0.333 e. The summed E-state index contributed by atoms with van der Waals surface area (Å²) in [6.45, 7) is 7.56. The molecule has 0 aromatic rings. The summed E-state index contributed by atoms with van der Waals surface area (Å²) in [5, 5.41) is 3.09. The topological polar surface area (TPSA) is 61.6 Å². The van der Waals surface area contributed by atoms with Gasteiger partial charge in [-0.1, -0.05) is 0 Å². The van der Waals surface area contributed by atoms with Gasteiger partial charge < -0.3 is 20.9 Å². The van der Waals surface area contributed by atoms with Crippen LogP contribution in [0.2, 0.25) is 0 Å². The molecule has 2 rings (SSSR count). The maximum atomic E-state index is 11.8. The summed E-state index contributed by atoms with van der Waals surface area (Å²) in [7, 11) is 2.14. The van der Waals surface area contributed by atoms with Crippen molar-refractivity contribution < 1.29 is 4.79 Å². The summed E-state index contributed by atoms with van der Waals surface area (Å²) in [5.74, 6) is 0.592. The van der Waals surface area contributed by atoms with E-state index in [1.54, 1.807) is 0 Å². The van der Waals surface area contributed by atoms with Gasteiger partial charge in [-0.25, -0.2) is 4.79 Å². The molecule has 17 heavy (non-hydrogen) atoms. The van der Waals surface area contributed by atoms with Crippen LogP contribution in [0.15, 0.2) is 0 Å². The summed E-state index contributed by atoms with van der Waals surface area (Å²) in [5.41, 5.74) is 5.65. The van der Waals surface area contributed by atoms with E-state index in [0.29, 0.717) is 18.5 Å². The minimum atomic E-state index is -0.321. The molecule has 0 saturated carbocycles. The van der Waals surface area contributed by atoms with Gasteiger partial charge in [0, 0.05) is 25.2 Å². The van der Waals surface area contributed by atoms with Crippen molar-refractivity contribution in [2.75, 3.05) is 33.2 Å². The summed E-state index contributed by atoms with van der Waals surface area (Å²) < 4.78 is 0. The van der Waals surface area contributed by atoms with Gasteiger partial charge in [0.25, 0.3) is 0 Å². The van der Waals surface area contributed by atoms with E-state index in [2.05, 4.69) is 17.3 Å². The fourth-order valence-corrected chi connectivity index (χ4v) is 2.81.